The Morgan fingerprint density at radius 1 is 1.00 bits per heavy atom. The molecule has 0 aliphatic carbocycles. The van der Waals surface area contributed by atoms with Crippen LogP contribution >= 0.6 is 11.6 Å². The van der Waals surface area contributed by atoms with Crippen LogP contribution in [0.3, 0.4) is 0 Å². The molecule has 0 radical (unpaired) electrons. The molecule has 0 bridgehead atoms. The third kappa shape index (κ3) is 2.28. The van der Waals surface area contributed by atoms with Crippen molar-refractivity contribution >= 4 is 17.4 Å². The minimum atomic E-state index is -0.359. The van der Waals surface area contributed by atoms with Crippen LogP contribution in [0.5, 0.6) is 0 Å². The summed E-state index contributed by atoms with van der Waals surface area (Å²) < 4.78 is 12.7. The van der Waals surface area contributed by atoms with Crippen molar-refractivity contribution < 1.29 is 9.18 Å². The van der Waals surface area contributed by atoms with Crippen molar-refractivity contribution in [2.45, 2.75) is 0 Å². The molecule has 0 aliphatic rings. The predicted octanol–water partition coefficient (Wildman–Crippen LogP) is 3.71. The van der Waals surface area contributed by atoms with Gasteiger partial charge in [-0.25, -0.2) is 4.39 Å². The summed E-state index contributed by atoms with van der Waals surface area (Å²) in [5.74, 6) is -0.523. The number of ketones is 1. The Morgan fingerprint density at radius 2 is 1.69 bits per heavy atom. The number of carbonyl (C=O) groups excluding carboxylic acids is 1. The standard InChI is InChI=1S/C13H8ClFO/c14-11-3-1-2-10(8-11)13(16)9-4-6-12(15)7-5-9/h1-8H. The highest BCUT2D eigenvalue weighted by molar-refractivity contribution is 6.31. The molecule has 2 aromatic rings. The Hall–Kier alpha value is -1.67. The lowest BCUT2D eigenvalue weighted by Crippen LogP contribution is -2.00. The molecule has 0 N–H and O–H groups in total. The molecule has 0 heterocycles. The van der Waals surface area contributed by atoms with Crippen LogP contribution in [0.15, 0.2) is 48.5 Å². The number of hydrogen-bond acceptors (Lipinski definition) is 1. The highest BCUT2D eigenvalue weighted by Crippen LogP contribution is 2.15. The zero-order chi connectivity index (χ0) is 11.5. The summed E-state index contributed by atoms with van der Waals surface area (Å²) in [4.78, 5) is 11.9. The molecule has 0 fully saturated rings. The van der Waals surface area contributed by atoms with Crippen molar-refractivity contribution in [3.05, 3.63) is 70.5 Å². The molecule has 2 aromatic carbocycles. The highest BCUT2D eigenvalue weighted by Gasteiger charge is 2.08. The van der Waals surface area contributed by atoms with Gasteiger partial charge in [-0.1, -0.05) is 23.7 Å². The van der Waals surface area contributed by atoms with Gasteiger partial charge >= 0.3 is 0 Å². The molecule has 2 rings (SSSR count). The van der Waals surface area contributed by atoms with Gasteiger partial charge in [0.2, 0.25) is 0 Å². The Bertz CT molecular complexity index is 520. The van der Waals surface area contributed by atoms with Crippen molar-refractivity contribution in [3.63, 3.8) is 0 Å². The van der Waals surface area contributed by atoms with Gasteiger partial charge in [0.05, 0.1) is 0 Å². The van der Waals surface area contributed by atoms with E-state index >= 15 is 0 Å². The summed E-state index contributed by atoms with van der Waals surface area (Å²) in [6.07, 6.45) is 0. The minimum absolute atomic E-state index is 0.164. The average molecular weight is 235 g/mol. The van der Waals surface area contributed by atoms with Crippen molar-refractivity contribution in [3.8, 4) is 0 Å². The average Bonchev–Trinajstić information content (AvgIpc) is 2.29. The van der Waals surface area contributed by atoms with E-state index in [1.165, 1.54) is 24.3 Å². The molecule has 0 amide bonds. The van der Waals surface area contributed by atoms with Gasteiger partial charge in [0, 0.05) is 16.1 Å². The zero-order valence-corrected chi connectivity index (χ0v) is 9.04. The smallest absolute Gasteiger partial charge is 0.193 e. The highest BCUT2D eigenvalue weighted by atomic mass is 35.5. The largest absolute Gasteiger partial charge is 0.289 e. The normalized spacial score (nSPS) is 10.1. The van der Waals surface area contributed by atoms with E-state index in [0.29, 0.717) is 16.1 Å². The monoisotopic (exact) mass is 234 g/mol. The first-order chi connectivity index (χ1) is 7.66. The van der Waals surface area contributed by atoms with E-state index in [0.717, 1.165) is 0 Å². The van der Waals surface area contributed by atoms with Gasteiger partial charge in [-0.15, -0.1) is 0 Å². The first-order valence-corrected chi connectivity index (χ1v) is 5.10. The number of halogens is 2. The first kappa shape index (κ1) is 10.8. The van der Waals surface area contributed by atoms with Crippen LogP contribution in [0.4, 0.5) is 4.39 Å². The van der Waals surface area contributed by atoms with E-state index in [1.54, 1.807) is 24.3 Å². The Labute approximate surface area is 97.5 Å². The molecule has 3 heteroatoms. The number of hydrogen-bond donors (Lipinski definition) is 0. The quantitative estimate of drug-likeness (QED) is 0.724. The van der Waals surface area contributed by atoms with Crippen LogP contribution in [-0.4, -0.2) is 5.78 Å². The summed E-state index contributed by atoms with van der Waals surface area (Å²) in [5.41, 5.74) is 0.947. The summed E-state index contributed by atoms with van der Waals surface area (Å²) in [5, 5.41) is 0.507. The van der Waals surface area contributed by atoms with Crippen molar-refractivity contribution in [1.29, 1.82) is 0 Å². The maximum Gasteiger partial charge on any atom is 0.193 e. The summed E-state index contributed by atoms with van der Waals surface area (Å²) in [6.45, 7) is 0. The molecule has 0 saturated heterocycles. The molecule has 0 unspecified atom stereocenters. The third-order valence-electron chi connectivity index (χ3n) is 2.19. The lowest BCUT2D eigenvalue weighted by atomic mass is 10.0. The Balaban J connectivity index is 2.35. The fraction of sp³-hybridized carbons (Fsp3) is 0. The van der Waals surface area contributed by atoms with Gasteiger partial charge in [0.25, 0.3) is 0 Å². The van der Waals surface area contributed by atoms with Crippen LogP contribution in [0, 0.1) is 5.82 Å². The van der Waals surface area contributed by atoms with Crippen molar-refractivity contribution in [2.75, 3.05) is 0 Å². The Kier molecular flexibility index (Phi) is 3.02. The van der Waals surface area contributed by atoms with Crippen LogP contribution < -0.4 is 0 Å². The van der Waals surface area contributed by atoms with E-state index in [-0.39, 0.29) is 11.6 Å². The molecule has 0 saturated carbocycles. The second-order valence-corrected chi connectivity index (χ2v) is 3.78. The number of carbonyl (C=O) groups is 1. The van der Waals surface area contributed by atoms with Gasteiger partial charge in [-0.05, 0) is 36.4 Å². The number of benzene rings is 2. The molecule has 0 aliphatic heterocycles. The van der Waals surface area contributed by atoms with Gasteiger partial charge in [-0.2, -0.15) is 0 Å². The number of rotatable bonds is 2. The van der Waals surface area contributed by atoms with Crippen molar-refractivity contribution in [2.24, 2.45) is 0 Å². The minimum Gasteiger partial charge on any atom is -0.289 e. The summed E-state index contributed by atoms with van der Waals surface area (Å²) >= 11 is 5.79. The van der Waals surface area contributed by atoms with E-state index in [2.05, 4.69) is 0 Å². The van der Waals surface area contributed by atoms with Crippen LogP contribution in [0.25, 0.3) is 0 Å². The second kappa shape index (κ2) is 4.45. The second-order valence-electron chi connectivity index (χ2n) is 3.35. The molecular formula is C13H8ClFO. The Morgan fingerprint density at radius 3 is 2.31 bits per heavy atom. The van der Waals surface area contributed by atoms with E-state index in [1.807, 2.05) is 0 Å². The third-order valence-corrected chi connectivity index (χ3v) is 2.43. The fourth-order valence-electron chi connectivity index (χ4n) is 1.40. The molecule has 0 aromatic heterocycles. The van der Waals surface area contributed by atoms with Gasteiger partial charge in [0.15, 0.2) is 5.78 Å². The predicted molar refractivity (Wildman–Crippen MR) is 61.3 cm³/mol. The topological polar surface area (TPSA) is 17.1 Å². The molecular weight excluding hydrogens is 227 g/mol. The van der Waals surface area contributed by atoms with Crippen LogP contribution in [-0.2, 0) is 0 Å². The fourth-order valence-corrected chi connectivity index (χ4v) is 1.59. The van der Waals surface area contributed by atoms with Crippen LogP contribution in [0.2, 0.25) is 5.02 Å². The zero-order valence-electron chi connectivity index (χ0n) is 8.28. The molecule has 16 heavy (non-hydrogen) atoms. The molecule has 0 atom stereocenters. The maximum atomic E-state index is 12.7. The van der Waals surface area contributed by atoms with Crippen molar-refractivity contribution in [1.82, 2.24) is 0 Å². The molecule has 0 spiro atoms. The molecule has 80 valence electrons. The van der Waals surface area contributed by atoms with Gasteiger partial charge < -0.3 is 0 Å². The van der Waals surface area contributed by atoms with Gasteiger partial charge in [0.1, 0.15) is 5.82 Å². The first-order valence-electron chi connectivity index (χ1n) is 4.72. The van der Waals surface area contributed by atoms with Gasteiger partial charge in [-0.3, -0.25) is 4.79 Å². The van der Waals surface area contributed by atoms with E-state index in [9.17, 15) is 9.18 Å². The van der Waals surface area contributed by atoms with E-state index in [4.69, 9.17) is 11.6 Å². The molecule has 1 nitrogen and oxygen atoms in total. The summed E-state index contributed by atoms with van der Waals surface area (Å²) in [7, 11) is 0. The van der Waals surface area contributed by atoms with E-state index < -0.39 is 0 Å². The SMILES string of the molecule is O=C(c1ccc(F)cc1)c1cccc(Cl)c1. The lowest BCUT2D eigenvalue weighted by Gasteiger charge is -2.01. The van der Waals surface area contributed by atoms with Crippen LogP contribution in [0.1, 0.15) is 15.9 Å². The summed E-state index contributed by atoms with van der Waals surface area (Å²) in [6, 6.07) is 12.1. The lowest BCUT2D eigenvalue weighted by molar-refractivity contribution is 0.103. The maximum absolute atomic E-state index is 12.7.